The molecule has 1 aromatic rings. The Balaban J connectivity index is 1.92. The van der Waals surface area contributed by atoms with Gasteiger partial charge in [-0.25, -0.2) is 0 Å². The van der Waals surface area contributed by atoms with Gasteiger partial charge in [0.25, 0.3) is 0 Å². The van der Waals surface area contributed by atoms with Crippen LogP contribution in [0.4, 0.5) is 5.69 Å². The number of aryl methyl sites for hydroxylation is 1. The zero-order chi connectivity index (χ0) is 14.5. The summed E-state index contributed by atoms with van der Waals surface area (Å²) in [6, 6.07) is 7.50. The number of nitrogens with zero attached hydrogens (tertiary/aromatic N) is 1. The van der Waals surface area contributed by atoms with Crippen molar-refractivity contribution in [3.05, 3.63) is 29.8 Å². The molecule has 1 aliphatic heterocycles. The lowest BCUT2D eigenvalue weighted by Crippen LogP contribution is -2.44. The van der Waals surface area contributed by atoms with E-state index in [1.165, 1.54) is 0 Å². The summed E-state index contributed by atoms with van der Waals surface area (Å²) in [6.45, 7) is 5.58. The zero-order valence-electron chi connectivity index (χ0n) is 12.0. The van der Waals surface area contributed by atoms with Gasteiger partial charge < -0.3 is 10.6 Å². The predicted octanol–water partition coefficient (Wildman–Crippen LogP) is 1.14. The third kappa shape index (κ3) is 3.57. The molecule has 1 fully saturated rings. The van der Waals surface area contributed by atoms with Crippen molar-refractivity contribution < 1.29 is 9.59 Å². The van der Waals surface area contributed by atoms with E-state index in [1.807, 2.05) is 43.0 Å². The topological polar surface area (TPSA) is 61.4 Å². The number of carbonyl (C=O) groups is 2. The smallest absolute Gasteiger partial charge is 0.238 e. The molecule has 0 unspecified atom stereocenters. The van der Waals surface area contributed by atoms with Gasteiger partial charge in [-0.3, -0.25) is 14.5 Å². The average molecular weight is 275 g/mol. The van der Waals surface area contributed by atoms with Gasteiger partial charge in [0.2, 0.25) is 11.8 Å². The van der Waals surface area contributed by atoms with Crippen molar-refractivity contribution in [3.63, 3.8) is 0 Å². The summed E-state index contributed by atoms with van der Waals surface area (Å²) in [6.07, 6.45) is 0.768. The number of rotatable bonds is 5. The standard InChI is InChI=1S/C15H21N3O2/c1-3-18(13-8-9-16-15(13)20)10-14(19)17-12-6-4-11(2)5-7-12/h4-7,13H,3,8-10H2,1-2H3,(H,16,20)(H,17,19)/t13-/m0/s1. The Bertz CT molecular complexity index is 484. The van der Waals surface area contributed by atoms with Crippen LogP contribution >= 0.6 is 0 Å². The van der Waals surface area contributed by atoms with Crippen LogP contribution in [0.25, 0.3) is 0 Å². The summed E-state index contributed by atoms with van der Waals surface area (Å²) in [5.74, 6) is -0.0645. The van der Waals surface area contributed by atoms with Gasteiger partial charge in [0, 0.05) is 12.2 Å². The first kappa shape index (κ1) is 14.5. The summed E-state index contributed by atoms with van der Waals surface area (Å²) in [5.41, 5.74) is 1.94. The number of benzene rings is 1. The Morgan fingerprint density at radius 1 is 1.40 bits per heavy atom. The van der Waals surface area contributed by atoms with Gasteiger partial charge >= 0.3 is 0 Å². The van der Waals surface area contributed by atoms with E-state index < -0.39 is 0 Å². The number of likely N-dealkylation sites (N-methyl/N-ethyl adjacent to an activating group) is 1. The molecule has 0 aromatic heterocycles. The molecule has 108 valence electrons. The maximum absolute atomic E-state index is 12.0. The molecular formula is C15H21N3O2. The van der Waals surface area contributed by atoms with E-state index in [9.17, 15) is 9.59 Å². The maximum atomic E-state index is 12.0. The van der Waals surface area contributed by atoms with Crippen LogP contribution in [0.2, 0.25) is 0 Å². The van der Waals surface area contributed by atoms with Crippen molar-refractivity contribution in [3.8, 4) is 0 Å². The normalized spacial score (nSPS) is 18.1. The van der Waals surface area contributed by atoms with E-state index in [0.717, 1.165) is 17.7 Å². The first-order valence-corrected chi connectivity index (χ1v) is 6.98. The van der Waals surface area contributed by atoms with Crippen molar-refractivity contribution in [1.29, 1.82) is 0 Å². The molecule has 0 spiro atoms. The Labute approximate surface area is 119 Å². The number of anilines is 1. The van der Waals surface area contributed by atoms with E-state index in [-0.39, 0.29) is 24.4 Å². The van der Waals surface area contributed by atoms with Crippen LogP contribution < -0.4 is 10.6 Å². The highest BCUT2D eigenvalue weighted by Gasteiger charge is 2.30. The molecule has 0 aliphatic carbocycles. The van der Waals surface area contributed by atoms with Gasteiger partial charge in [-0.15, -0.1) is 0 Å². The van der Waals surface area contributed by atoms with Gasteiger partial charge in [-0.1, -0.05) is 24.6 Å². The monoisotopic (exact) mass is 275 g/mol. The van der Waals surface area contributed by atoms with Crippen molar-refractivity contribution in [2.24, 2.45) is 0 Å². The second kappa shape index (κ2) is 6.52. The number of hydrogen-bond donors (Lipinski definition) is 2. The Morgan fingerprint density at radius 3 is 2.65 bits per heavy atom. The lowest BCUT2D eigenvalue weighted by molar-refractivity contribution is -0.125. The Morgan fingerprint density at radius 2 is 2.10 bits per heavy atom. The fourth-order valence-electron chi connectivity index (χ4n) is 2.39. The molecule has 20 heavy (non-hydrogen) atoms. The minimum absolute atomic E-state index is 0.0231. The zero-order valence-corrected chi connectivity index (χ0v) is 12.0. The highest BCUT2D eigenvalue weighted by atomic mass is 16.2. The van der Waals surface area contributed by atoms with Crippen LogP contribution in [0.3, 0.4) is 0 Å². The lowest BCUT2D eigenvalue weighted by atomic mass is 10.2. The summed E-state index contributed by atoms with van der Waals surface area (Å²) in [7, 11) is 0. The minimum Gasteiger partial charge on any atom is -0.355 e. The average Bonchev–Trinajstić information content (AvgIpc) is 2.85. The molecule has 0 radical (unpaired) electrons. The maximum Gasteiger partial charge on any atom is 0.238 e. The van der Waals surface area contributed by atoms with Crippen molar-refractivity contribution in [1.82, 2.24) is 10.2 Å². The SMILES string of the molecule is CCN(CC(=O)Nc1ccc(C)cc1)[C@H]1CCNC1=O. The molecule has 0 bridgehead atoms. The second-order valence-electron chi connectivity index (χ2n) is 5.07. The van der Waals surface area contributed by atoms with E-state index in [0.29, 0.717) is 13.1 Å². The molecule has 2 rings (SSSR count). The molecule has 1 atom stereocenters. The Hall–Kier alpha value is -1.88. The summed E-state index contributed by atoms with van der Waals surface area (Å²) >= 11 is 0. The molecule has 5 heteroatoms. The molecule has 1 aromatic carbocycles. The summed E-state index contributed by atoms with van der Waals surface area (Å²) in [5, 5.41) is 5.66. The fourth-order valence-corrected chi connectivity index (χ4v) is 2.39. The summed E-state index contributed by atoms with van der Waals surface area (Å²) in [4.78, 5) is 25.6. The van der Waals surface area contributed by atoms with Crippen LogP contribution in [-0.4, -0.2) is 42.4 Å². The van der Waals surface area contributed by atoms with Gasteiger partial charge in [0.1, 0.15) is 0 Å². The molecule has 2 N–H and O–H groups in total. The first-order valence-electron chi connectivity index (χ1n) is 6.98. The molecular weight excluding hydrogens is 254 g/mol. The molecule has 0 saturated carbocycles. The van der Waals surface area contributed by atoms with Crippen LogP contribution in [0.1, 0.15) is 18.9 Å². The highest BCUT2D eigenvalue weighted by molar-refractivity contribution is 5.93. The number of amides is 2. The summed E-state index contributed by atoms with van der Waals surface area (Å²) < 4.78 is 0. The second-order valence-corrected chi connectivity index (χ2v) is 5.07. The van der Waals surface area contributed by atoms with Crippen LogP contribution in [0, 0.1) is 6.92 Å². The van der Waals surface area contributed by atoms with E-state index in [2.05, 4.69) is 10.6 Å². The van der Waals surface area contributed by atoms with Gasteiger partial charge in [-0.2, -0.15) is 0 Å². The number of hydrogen-bond acceptors (Lipinski definition) is 3. The third-order valence-corrected chi connectivity index (χ3v) is 3.55. The first-order chi connectivity index (χ1) is 9.60. The quantitative estimate of drug-likeness (QED) is 0.847. The molecule has 1 heterocycles. The molecule has 5 nitrogen and oxygen atoms in total. The van der Waals surface area contributed by atoms with E-state index in [4.69, 9.17) is 0 Å². The van der Waals surface area contributed by atoms with E-state index in [1.54, 1.807) is 0 Å². The van der Waals surface area contributed by atoms with Crippen LogP contribution in [-0.2, 0) is 9.59 Å². The van der Waals surface area contributed by atoms with Crippen LogP contribution in [0.5, 0.6) is 0 Å². The third-order valence-electron chi connectivity index (χ3n) is 3.55. The Kier molecular flexibility index (Phi) is 4.74. The van der Waals surface area contributed by atoms with Crippen molar-refractivity contribution in [2.45, 2.75) is 26.3 Å². The molecule has 2 amide bonds. The van der Waals surface area contributed by atoms with Crippen molar-refractivity contribution >= 4 is 17.5 Å². The fraction of sp³-hybridized carbons (Fsp3) is 0.467. The molecule has 1 saturated heterocycles. The van der Waals surface area contributed by atoms with Gasteiger partial charge in [-0.05, 0) is 32.0 Å². The van der Waals surface area contributed by atoms with Crippen molar-refractivity contribution in [2.75, 3.05) is 25.0 Å². The molecule has 1 aliphatic rings. The minimum atomic E-state index is -0.177. The lowest BCUT2D eigenvalue weighted by Gasteiger charge is -2.24. The number of carbonyl (C=O) groups excluding carboxylic acids is 2. The largest absolute Gasteiger partial charge is 0.355 e. The number of nitrogens with one attached hydrogen (secondary N) is 2. The van der Waals surface area contributed by atoms with Crippen LogP contribution in [0.15, 0.2) is 24.3 Å². The van der Waals surface area contributed by atoms with Gasteiger partial charge in [0.05, 0.1) is 12.6 Å². The highest BCUT2D eigenvalue weighted by Crippen LogP contribution is 2.11. The predicted molar refractivity (Wildman–Crippen MR) is 78.5 cm³/mol. The van der Waals surface area contributed by atoms with Gasteiger partial charge in [0.15, 0.2) is 0 Å². The van der Waals surface area contributed by atoms with E-state index >= 15 is 0 Å².